The fourth-order valence-corrected chi connectivity index (χ4v) is 9.71. The van der Waals surface area contributed by atoms with Gasteiger partial charge in [-0.3, -0.25) is 22.6 Å². The van der Waals surface area contributed by atoms with Crippen LogP contribution in [0, 0.1) is 17.3 Å². The molecule has 3 aliphatic rings. The first-order chi connectivity index (χ1) is 18.2. The Hall–Kier alpha value is -0.920. The third-order valence-corrected chi connectivity index (χ3v) is 11.8. The molecular formula is C27H44O9P2. The summed E-state index contributed by atoms with van der Waals surface area (Å²) in [6.45, 7) is 10.4. The van der Waals surface area contributed by atoms with Crippen LogP contribution in [0.3, 0.4) is 0 Å². The fourth-order valence-electron chi connectivity index (χ4n) is 7.03. The van der Waals surface area contributed by atoms with Crippen LogP contribution in [0.15, 0.2) is 12.1 Å². The van der Waals surface area contributed by atoms with E-state index in [0.29, 0.717) is 29.3 Å². The molecule has 0 spiro atoms. The van der Waals surface area contributed by atoms with E-state index in [1.807, 2.05) is 12.1 Å². The van der Waals surface area contributed by atoms with Gasteiger partial charge in [-0.1, -0.05) is 6.92 Å². The third-order valence-electron chi connectivity index (χ3n) is 8.54. The number of rotatable bonds is 13. The number of ether oxygens (including phenoxy) is 1. The van der Waals surface area contributed by atoms with Gasteiger partial charge in [-0.15, -0.1) is 0 Å². The van der Waals surface area contributed by atoms with E-state index in [4.69, 9.17) is 31.9 Å². The molecule has 0 aromatic heterocycles. The smallest absolute Gasteiger partial charge is 0.493 e. The minimum Gasteiger partial charge on any atom is -0.493 e. The van der Waals surface area contributed by atoms with Crippen molar-refractivity contribution >= 4 is 15.6 Å². The summed E-state index contributed by atoms with van der Waals surface area (Å²) in [7, 11) is -5.73. The van der Waals surface area contributed by atoms with Crippen LogP contribution in [0.4, 0.5) is 0 Å². The predicted molar refractivity (Wildman–Crippen MR) is 145 cm³/mol. The Morgan fingerprint density at radius 3 is 2.08 bits per heavy atom. The Balaban J connectivity index is 1.57. The van der Waals surface area contributed by atoms with E-state index in [1.165, 1.54) is 11.1 Å². The molecule has 3 aliphatic carbocycles. The lowest BCUT2D eigenvalue weighted by atomic mass is 9.55. The predicted octanol–water partition coefficient (Wildman–Crippen LogP) is 7.68. The molecule has 0 unspecified atom stereocenters. The lowest BCUT2D eigenvalue weighted by molar-refractivity contribution is -0.0294. The summed E-state index contributed by atoms with van der Waals surface area (Å²) in [5.41, 5.74) is 2.37. The van der Waals surface area contributed by atoms with E-state index in [9.17, 15) is 9.13 Å². The first-order valence-electron chi connectivity index (χ1n) is 14.0. The summed E-state index contributed by atoms with van der Waals surface area (Å²) in [4.78, 5) is 0. The average molecular weight is 575 g/mol. The van der Waals surface area contributed by atoms with Gasteiger partial charge >= 0.3 is 15.6 Å². The van der Waals surface area contributed by atoms with Gasteiger partial charge in [0.1, 0.15) is 0 Å². The topological polar surface area (TPSA) is 98.8 Å². The second-order valence-corrected chi connectivity index (χ2v) is 13.7. The van der Waals surface area contributed by atoms with Crippen LogP contribution in [-0.4, -0.2) is 39.6 Å². The average Bonchev–Trinajstić information content (AvgIpc) is 3.19. The van der Waals surface area contributed by atoms with Gasteiger partial charge in [0.15, 0.2) is 11.5 Å². The van der Waals surface area contributed by atoms with E-state index in [0.717, 1.165) is 38.5 Å². The van der Waals surface area contributed by atoms with Crippen LogP contribution in [0.25, 0.3) is 0 Å². The third kappa shape index (κ3) is 5.90. The monoisotopic (exact) mass is 574 g/mol. The lowest BCUT2D eigenvalue weighted by Gasteiger charge is -2.50. The first kappa shape index (κ1) is 30.0. The van der Waals surface area contributed by atoms with Gasteiger partial charge in [-0.2, -0.15) is 0 Å². The minimum atomic E-state index is -3.74. The molecule has 2 fully saturated rings. The zero-order valence-electron chi connectivity index (χ0n) is 23.6. The molecule has 11 heteroatoms. The summed E-state index contributed by atoms with van der Waals surface area (Å²) in [5, 5.41) is 0. The molecule has 216 valence electrons. The Labute approximate surface area is 227 Å². The van der Waals surface area contributed by atoms with E-state index in [1.54, 1.807) is 34.8 Å². The summed E-state index contributed by atoms with van der Waals surface area (Å²) in [5.74, 6) is 2.23. The van der Waals surface area contributed by atoms with Crippen molar-refractivity contribution < 1.29 is 41.0 Å². The Morgan fingerprint density at radius 2 is 1.47 bits per heavy atom. The van der Waals surface area contributed by atoms with Gasteiger partial charge in [0, 0.05) is 0 Å². The van der Waals surface area contributed by atoms with E-state index >= 15 is 0 Å². The highest BCUT2D eigenvalue weighted by Gasteiger charge is 2.57. The van der Waals surface area contributed by atoms with Crippen LogP contribution in [0.2, 0.25) is 0 Å². The van der Waals surface area contributed by atoms with Crippen molar-refractivity contribution in [3.63, 3.8) is 0 Å². The zero-order valence-corrected chi connectivity index (χ0v) is 25.4. The van der Waals surface area contributed by atoms with E-state index in [2.05, 4.69) is 6.92 Å². The van der Waals surface area contributed by atoms with Crippen molar-refractivity contribution in [3.8, 4) is 11.5 Å². The summed E-state index contributed by atoms with van der Waals surface area (Å²) in [6, 6.07) is 4.00. The van der Waals surface area contributed by atoms with Gasteiger partial charge in [-0.05, 0) is 113 Å². The normalized spacial score (nSPS) is 28.9. The highest BCUT2D eigenvalue weighted by molar-refractivity contribution is 7.49. The molecule has 1 aromatic carbocycles. The van der Waals surface area contributed by atoms with Crippen LogP contribution in [0.5, 0.6) is 11.5 Å². The van der Waals surface area contributed by atoms with Crippen molar-refractivity contribution in [1.82, 2.24) is 0 Å². The molecule has 0 saturated heterocycles. The van der Waals surface area contributed by atoms with Crippen molar-refractivity contribution in [2.45, 2.75) is 85.2 Å². The molecule has 4 rings (SSSR count). The van der Waals surface area contributed by atoms with Gasteiger partial charge in [0.2, 0.25) is 0 Å². The Morgan fingerprint density at radius 1 is 0.842 bits per heavy atom. The van der Waals surface area contributed by atoms with Crippen molar-refractivity contribution in [1.29, 1.82) is 0 Å². The standard InChI is InChI=1S/C27H44O9P2/c1-7-31-37(28,32-8-2)35-25-17-19-11-12-21-20(22(19)18-24(25)30-6)15-16-27(5)23(21)13-14-26(27)36-38(29,33-9-3)34-10-4/h17-18,20-21,23,26H,7-16H2,1-6H3/t20-,21+,23-,26-,27-/m0/s1. The van der Waals surface area contributed by atoms with Gasteiger partial charge < -0.3 is 9.26 Å². The molecule has 38 heavy (non-hydrogen) atoms. The number of phosphoric ester groups is 2. The fraction of sp³-hybridized carbons (Fsp3) is 0.778. The molecule has 1 aromatic rings. The quantitative estimate of drug-likeness (QED) is 0.220. The van der Waals surface area contributed by atoms with Gasteiger partial charge in [0.05, 0.1) is 39.6 Å². The molecule has 9 nitrogen and oxygen atoms in total. The maximum absolute atomic E-state index is 13.2. The maximum atomic E-state index is 13.2. The zero-order chi connectivity index (χ0) is 27.6. The lowest BCUT2D eigenvalue weighted by Crippen LogP contribution is -2.44. The number of hydrogen-bond donors (Lipinski definition) is 0. The van der Waals surface area contributed by atoms with Crippen molar-refractivity contribution in [2.24, 2.45) is 17.3 Å². The molecule has 0 amide bonds. The second kappa shape index (κ2) is 12.3. The summed E-state index contributed by atoms with van der Waals surface area (Å²) < 4.78 is 65.5. The highest BCUT2D eigenvalue weighted by atomic mass is 31.2. The molecule has 0 aliphatic heterocycles. The number of methoxy groups -OCH3 is 1. The van der Waals surface area contributed by atoms with E-state index < -0.39 is 15.6 Å². The van der Waals surface area contributed by atoms with Crippen LogP contribution >= 0.6 is 15.6 Å². The molecule has 2 saturated carbocycles. The first-order valence-corrected chi connectivity index (χ1v) is 16.9. The number of fused-ring (bicyclic) bond motifs is 5. The van der Waals surface area contributed by atoms with Crippen LogP contribution < -0.4 is 9.26 Å². The molecule has 5 atom stereocenters. The number of phosphoric acid groups is 2. The molecule has 0 bridgehead atoms. The SMILES string of the molecule is CCOP(=O)(OCC)Oc1cc2c(cc1OC)[C@H]1CC[C@]3(C)[C@@H](OP(=O)(OCC)OCC)CC[C@H]3[C@@H]1CC2. The van der Waals surface area contributed by atoms with Gasteiger partial charge in [0.25, 0.3) is 0 Å². The minimum absolute atomic E-state index is 0.0860. The van der Waals surface area contributed by atoms with Crippen molar-refractivity contribution in [2.75, 3.05) is 33.5 Å². The van der Waals surface area contributed by atoms with E-state index in [-0.39, 0.29) is 37.9 Å². The largest absolute Gasteiger partial charge is 0.530 e. The van der Waals surface area contributed by atoms with Gasteiger partial charge in [-0.25, -0.2) is 9.13 Å². The number of hydrogen-bond acceptors (Lipinski definition) is 9. The molecule has 0 heterocycles. The molecule has 0 radical (unpaired) electrons. The van der Waals surface area contributed by atoms with Crippen LogP contribution in [-0.2, 0) is 38.2 Å². The Kier molecular flexibility index (Phi) is 9.73. The number of benzene rings is 1. The maximum Gasteiger partial charge on any atom is 0.530 e. The molecule has 0 N–H and O–H groups in total. The summed E-state index contributed by atoms with van der Waals surface area (Å²) in [6.07, 6.45) is 5.61. The van der Waals surface area contributed by atoms with Crippen molar-refractivity contribution in [3.05, 3.63) is 23.3 Å². The Bertz CT molecular complexity index is 1040. The molecular weight excluding hydrogens is 530 g/mol. The van der Waals surface area contributed by atoms with Crippen LogP contribution in [0.1, 0.15) is 83.8 Å². The highest BCUT2D eigenvalue weighted by Crippen LogP contribution is 2.65. The number of aryl methyl sites for hydroxylation is 1. The second-order valence-electron chi connectivity index (χ2n) is 10.5. The summed E-state index contributed by atoms with van der Waals surface area (Å²) >= 11 is 0.